The summed E-state index contributed by atoms with van der Waals surface area (Å²) in [7, 11) is 0. The number of halogens is 1. The maximum absolute atomic E-state index is 13.0. The standard InChI is InChI=1S/C24H31FN4O2/c1-16-13-17(2)23(18(3)14-16)27-24(31)19(4)29-11-9-28(10-12-29)15-22(30)26-21-7-5-20(25)6-8-21/h5-8,13-14,19H,9-12,15H2,1-4H3,(H,26,30)(H,27,31)/p+2/t19-/m1/s1. The highest BCUT2D eigenvalue weighted by molar-refractivity contribution is 5.95. The first-order chi connectivity index (χ1) is 14.7. The Labute approximate surface area is 183 Å². The number of carbonyl (C=O) groups excluding carboxylic acids is 2. The molecule has 1 aliphatic heterocycles. The van der Waals surface area contributed by atoms with Crippen LogP contribution in [0.15, 0.2) is 36.4 Å². The molecule has 1 saturated heterocycles. The molecule has 0 unspecified atom stereocenters. The molecule has 166 valence electrons. The van der Waals surface area contributed by atoms with Crippen molar-refractivity contribution in [2.45, 2.75) is 33.7 Å². The molecule has 0 radical (unpaired) electrons. The molecular formula is C24H33FN4O2+2. The second-order valence-corrected chi connectivity index (χ2v) is 8.62. The summed E-state index contributed by atoms with van der Waals surface area (Å²) >= 11 is 0. The Hall–Kier alpha value is -2.77. The van der Waals surface area contributed by atoms with Crippen LogP contribution in [-0.4, -0.2) is 50.6 Å². The first-order valence-electron chi connectivity index (χ1n) is 10.8. The summed E-state index contributed by atoms with van der Waals surface area (Å²) in [6, 6.07) is 9.78. The molecule has 1 atom stereocenters. The largest absolute Gasteiger partial charge is 0.321 e. The lowest BCUT2D eigenvalue weighted by atomic mass is 10.0. The van der Waals surface area contributed by atoms with Gasteiger partial charge in [0.15, 0.2) is 12.6 Å². The summed E-state index contributed by atoms with van der Waals surface area (Å²) < 4.78 is 13.0. The fraction of sp³-hybridized carbons (Fsp3) is 0.417. The average molecular weight is 429 g/mol. The van der Waals surface area contributed by atoms with Crippen molar-refractivity contribution in [1.82, 2.24) is 0 Å². The number of anilines is 2. The van der Waals surface area contributed by atoms with Crippen LogP contribution in [0.5, 0.6) is 0 Å². The molecule has 31 heavy (non-hydrogen) atoms. The monoisotopic (exact) mass is 428 g/mol. The zero-order valence-electron chi connectivity index (χ0n) is 18.8. The lowest BCUT2D eigenvalue weighted by Crippen LogP contribution is -3.30. The second kappa shape index (κ2) is 10.0. The molecule has 2 amide bonds. The number of amides is 2. The number of carbonyl (C=O) groups is 2. The van der Waals surface area contributed by atoms with E-state index in [9.17, 15) is 14.0 Å². The Balaban J connectivity index is 1.48. The molecular weight excluding hydrogens is 395 g/mol. The maximum Gasteiger partial charge on any atom is 0.282 e. The van der Waals surface area contributed by atoms with Crippen molar-refractivity contribution in [3.63, 3.8) is 0 Å². The summed E-state index contributed by atoms with van der Waals surface area (Å²) in [6.07, 6.45) is 0. The number of hydrogen-bond acceptors (Lipinski definition) is 2. The summed E-state index contributed by atoms with van der Waals surface area (Å²) in [5.74, 6) is -0.377. The lowest BCUT2D eigenvalue weighted by Gasteiger charge is -2.32. The van der Waals surface area contributed by atoms with Crippen molar-refractivity contribution in [1.29, 1.82) is 0 Å². The minimum Gasteiger partial charge on any atom is -0.321 e. The van der Waals surface area contributed by atoms with Crippen molar-refractivity contribution in [3.05, 3.63) is 58.9 Å². The van der Waals surface area contributed by atoms with E-state index in [2.05, 4.69) is 29.7 Å². The van der Waals surface area contributed by atoms with Gasteiger partial charge in [-0.1, -0.05) is 17.7 Å². The van der Waals surface area contributed by atoms with E-state index in [1.54, 1.807) is 12.1 Å². The van der Waals surface area contributed by atoms with Gasteiger partial charge in [0.05, 0.1) is 0 Å². The van der Waals surface area contributed by atoms with Crippen molar-refractivity contribution in [2.24, 2.45) is 0 Å². The first kappa shape index (κ1) is 22.9. The van der Waals surface area contributed by atoms with Crippen LogP contribution in [0.25, 0.3) is 0 Å². The lowest BCUT2D eigenvalue weighted by molar-refractivity contribution is -1.01. The van der Waals surface area contributed by atoms with E-state index in [-0.39, 0.29) is 23.7 Å². The molecule has 0 bridgehead atoms. The molecule has 2 aromatic carbocycles. The van der Waals surface area contributed by atoms with Gasteiger partial charge in [-0.3, -0.25) is 9.59 Å². The van der Waals surface area contributed by atoms with Gasteiger partial charge in [0.1, 0.15) is 32.0 Å². The van der Waals surface area contributed by atoms with E-state index in [1.807, 2.05) is 20.8 Å². The van der Waals surface area contributed by atoms with Crippen molar-refractivity contribution >= 4 is 23.2 Å². The highest BCUT2D eigenvalue weighted by atomic mass is 19.1. The topological polar surface area (TPSA) is 67.1 Å². The third kappa shape index (κ3) is 6.12. The summed E-state index contributed by atoms with van der Waals surface area (Å²) in [5.41, 5.74) is 4.85. The third-order valence-electron chi connectivity index (χ3n) is 6.07. The SMILES string of the molecule is Cc1cc(C)c(NC(=O)[C@@H](C)[NH+]2CC[NH+](CC(=O)Nc3ccc(F)cc3)CC2)c(C)c1. The molecule has 2 aromatic rings. The number of aryl methyl sites for hydroxylation is 3. The predicted octanol–water partition coefficient (Wildman–Crippen LogP) is 0.500. The second-order valence-electron chi connectivity index (χ2n) is 8.62. The molecule has 1 heterocycles. The zero-order chi connectivity index (χ0) is 22.5. The van der Waals surface area contributed by atoms with Crippen LogP contribution in [0.4, 0.5) is 15.8 Å². The van der Waals surface area contributed by atoms with Gasteiger partial charge in [-0.05, 0) is 63.1 Å². The van der Waals surface area contributed by atoms with E-state index in [0.29, 0.717) is 12.2 Å². The molecule has 0 saturated carbocycles. The van der Waals surface area contributed by atoms with E-state index >= 15 is 0 Å². The molecule has 6 nitrogen and oxygen atoms in total. The van der Waals surface area contributed by atoms with Gasteiger partial charge in [-0.2, -0.15) is 0 Å². The zero-order valence-corrected chi connectivity index (χ0v) is 18.8. The van der Waals surface area contributed by atoms with Crippen LogP contribution in [0.3, 0.4) is 0 Å². The number of rotatable bonds is 6. The van der Waals surface area contributed by atoms with Gasteiger partial charge >= 0.3 is 0 Å². The van der Waals surface area contributed by atoms with E-state index < -0.39 is 0 Å². The fourth-order valence-corrected chi connectivity index (χ4v) is 4.29. The van der Waals surface area contributed by atoms with Crippen LogP contribution in [0.2, 0.25) is 0 Å². The number of hydrogen-bond donors (Lipinski definition) is 4. The molecule has 1 aliphatic rings. The van der Waals surface area contributed by atoms with E-state index in [0.717, 1.165) is 43.0 Å². The number of piperazine rings is 1. The quantitative estimate of drug-likeness (QED) is 0.542. The molecule has 0 aliphatic carbocycles. The van der Waals surface area contributed by atoms with Crippen LogP contribution in [0.1, 0.15) is 23.6 Å². The average Bonchev–Trinajstić information content (AvgIpc) is 2.72. The normalized spacial score (nSPS) is 19.5. The van der Waals surface area contributed by atoms with Crippen LogP contribution in [-0.2, 0) is 9.59 Å². The van der Waals surface area contributed by atoms with Crippen LogP contribution >= 0.6 is 0 Å². The Morgan fingerprint density at radius 1 is 0.968 bits per heavy atom. The third-order valence-corrected chi connectivity index (χ3v) is 6.07. The van der Waals surface area contributed by atoms with Gasteiger partial charge in [0.2, 0.25) is 0 Å². The van der Waals surface area contributed by atoms with Crippen molar-refractivity contribution < 1.29 is 23.8 Å². The molecule has 7 heteroatoms. The summed E-state index contributed by atoms with van der Waals surface area (Å²) in [4.78, 5) is 27.6. The van der Waals surface area contributed by atoms with E-state index in [1.165, 1.54) is 27.5 Å². The van der Waals surface area contributed by atoms with Gasteiger partial charge in [-0.15, -0.1) is 0 Å². The predicted molar refractivity (Wildman–Crippen MR) is 120 cm³/mol. The number of quaternary nitrogens is 2. The molecule has 4 N–H and O–H groups in total. The van der Waals surface area contributed by atoms with Gasteiger partial charge < -0.3 is 20.4 Å². The van der Waals surface area contributed by atoms with Gasteiger partial charge in [-0.25, -0.2) is 4.39 Å². The highest BCUT2D eigenvalue weighted by Gasteiger charge is 2.32. The molecule has 0 spiro atoms. The molecule has 0 aromatic heterocycles. The van der Waals surface area contributed by atoms with Crippen LogP contribution in [0, 0.1) is 26.6 Å². The fourth-order valence-electron chi connectivity index (χ4n) is 4.29. The highest BCUT2D eigenvalue weighted by Crippen LogP contribution is 2.21. The summed E-state index contributed by atoms with van der Waals surface area (Å²) in [5, 5.41) is 5.93. The Morgan fingerprint density at radius 3 is 2.13 bits per heavy atom. The number of nitrogens with one attached hydrogen (secondary N) is 4. The number of benzene rings is 2. The Morgan fingerprint density at radius 2 is 1.55 bits per heavy atom. The van der Waals surface area contributed by atoms with E-state index in [4.69, 9.17) is 0 Å². The minimum atomic E-state index is -0.325. The Bertz CT molecular complexity index is 914. The summed E-state index contributed by atoms with van der Waals surface area (Å²) in [6.45, 7) is 11.7. The minimum absolute atomic E-state index is 0.0301. The maximum atomic E-state index is 13.0. The molecule has 1 fully saturated rings. The first-order valence-corrected chi connectivity index (χ1v) is 10.8. The Kier molecular flexibility index (Phi) is 7.41. The van der Waals surface area contributed by atoms with Gasteiger partial charge in [0.25, 0.3) is 11.8 Å². The van der Waals surface area contributed by atoms with Gasteiger partial charge in [0, 0.05) is 11.4 Å². The molecule has 3 rings (SSSR count). The van der Waals surface area contributed by atoms with Crippen molar-refractivity contribution in [3.8, 4) is 0 Å². The van der Waals surface area contributed by atoms with Crippen molar-refractivity contribution in [2.75, 3.05) is 43.4 Å². The van der Waals surface area contributed by atoms with Crippen LogP contribution < -0.4 is 20.4 Å². The smallest absolute Gasteiger partial charge is 0.282 e.